The number of fused-ring (bicyclic) bond motifs is 1. The van der Waals surface area contributed by atoms with E-state index in [1.165, 1.54) is 0 Å². The fourth-order valence-corrected chi connectivity index (χ4v) is 3.72. The van der Waals surface area contributed by atoms with Gasteiger partial charge in [-0.1, -0.05) is 30.3 Å². The van der Waals surface area contributed by atoms with Gasteiger partial charge < -0.3 is 9.72 Å². The molecular formula is C19H18IN3O2. The van der Waals surface area contributed by atoms with Crippen LogP contribution in [0.25, 0.3) is 11.0 Å². The summed E-state index contributed by atoms with van der Waals surface area (Å²) in [6, 6.07) is 15.8. The Hall–Kier alpha value is -2.09. The lowest BCUT2D eigenvalue weighted by atomic mass is 10.2. The normalized spacial score (nSPS) is 17.2. The number of imidazole rings is 1. The number of aromatic nitrogens is 2. The number of likely N-dealkylation sites (tertiary alicyclic amines) is 1. The Kier molecular flexibility index (Phi) is 4.61. The van der Waals surface area contributed by atoms with Crippen molar-refractivity contribution in [2.75, 3.05) is 6.54 Å². The van der Waals surface area contributed by atoms with Gasteiger partial charge >= 0.3 is 6.09 Å². The molecule has 0 aliphatic carbocycles. The van der Waals surface area contributed by atoms with Crippen molar-refractivity contribution in [2.45, 2.75) is 25.5 Å². The fraction of sp³-hybridized carbons (Fsp3) is 0.263. The molecule has 0 bridgehead atoms. The summed E-state index contributed by atoms with van der Waals surface area (Å²) in [5.41, 5.74) is 2.93. The molecule has 1 N–H and O–H groups in total. The summed E-state index contributed by atoms with van der Waals surface area (Å²) >= 11 is 2.28. The summed E-state index contributed by atoms with van der Waals surface area (Å²) < 4.78 is 6.66. The van der Waals surface area contributed by atoms with Crippen molar-refractivity contribution in [1.29, 1.82) is 0 Å². The quantitative estimate of drug-likeness (QED) is 0.596. The molecule has 2 heterocycles. The first-order valence-electron chi connectivity index (χ1n) is 8.33. The van der Waals surface area contributed by atoms with Gasteiger partial charge in [0.2, 0.25) is 0 Å². The zero-order valence-corrected chi connectivity index (χ0v) is 15.8. The van der Waals surface area contributed by atoms with Gasteiger partial charge in [0.25, 0.3) is 0 Å². The molecule has 1 amide bonds. The van der Waals surface area contributed by atoms with Crippen LogP contribution in [0.3, 0.4) is 0 Å². The first kappa shape index (κ1) is 16.4. The number of carbonyl (C=O) groups excluding carboxylic acids is 1. The van der Waals surface area contributed by atoms with Gasteiger partial charge in [0.15, 0.2) is 0 Å². The third-order valence-electron chi connectivity index (χ3n) is 4.47. The number of hydrogen-bond acceptors (Lipinski definition) is 3. The summed E-state index contributed by atoms with van der Waals surface area (Å²) in [7, 11) is 0. The van der Waals surface area contributed by atoms with Crippen LogP contribution in [-0.4, -0.2) is 27.5 Å². The summed E-state index contributed by atoms with van der Waals surface area (Å²) in [6.07, 6.45) is 1.58. The predicted molar refractivity (Wildman–Crippen MR) is 104 cm³/mol. The van der Waals surface area contributed by atoms with Gasteiger partial charge in [0, 0.05) is 10.1 Å². The Morgan fingerprint density at radius 2 is 2.12 bits per heavy atom. The van der Waals surface area contributed by atoms with E-state index >= 15 is 0 Å². The SMILES string of the molecule is O=C(OCc1ccccc1)N1CCCC1c1nc2ccc(I)cc2[nH]1. The van der Waals surface area contributed by atoms with Crippen LogP contribution < -0.4 is 0 Å². The molecule has 4 rings (SSSR count). The second kappa shape index (κ2) is 7.03. The van der Waals surface area contributed by atoms with Crippen molar-refractivity contribution in [3.05, 3.63) is 63.5 Å². The summed E-state index contributed by atoms with van der Waals surface area (Å²) in [6.45, 7) is 0.994. The summed E-state index contributed by atoms with van der Waals surface area (Å²) in [5, 5.41) is 0. The maximum atomic E-state index is 12.5. The molecule has 3 aromatic rings. The van der Waals surface area contributed by atoms with Crippen LogP contribution in [0.15, 0.2) is 48.5 Å². The molecule has 1 aliphatic heterocycles. The van der Waals surface area contributed by atoms with Crippen LogP contribution in [0.1, 0.15) is 30.3 Å². The number of ether oxygens (including phenoxy) is 1. The minimum absolute atomic E-state index is 0.0478. The Morgan fingerprint density at radius 3 is 2.96 bits per heavy atom. The van der Waals surface area contributed by atoms with Crippen LogP contribution in [0, 0.1) is 3.57 Å². The molecule has 1 unspecified atom stereocenters. The Balaban J connectivity index is 1.50. The fourth-order valence-electron chi connectivity index (χ4n) is 3.23. The van der Waals surface area contributed by atoms with Gasteiger partial charge in [0.1, 0.15) is 12.4 Å². The van der Waals surface area contributed by atoms with Crippen LogP contribution in [0.2, 0.25) is 0 Å². The van der Waals surface area contributed by atoms with Crippen molar-refractivity contribution in [3.8, 4) is 0 Å². The molecule has 2 aromatic carbocycles. The van der Waals surface area contributed by atoms with E-state index in [0.717, 1.165) is 38.8 Å². The molecule has 6 heteroatoms. The maximum Gasteiger partial charge on any atom is 0.410 e. The molecule has 0 saturated carbocycles. The van der Waals surface area contributed by atoms with E-state index in [9.17, 15) is 4.79 Å². The van der Waals surface area contributed by atoms with Crippen molar-refractivity contribution in [3.63, 3.8) is 0 Å². The third kappa shape index (κ3) is 3.49. The number of amides is 1. The van der Waals surface area contributed by atoms with Crippen molar-refractivity contribution >= 4 is 39.7 Å². The number of H-pyrrole nitrogens is 1. The highest BCUT2D eigenvalue weighted by Crippen LogP contribution is 2.32. The average molecular weight is 447 g/mol. The van der Waals surface area contributed by atoms with Crippen LogP contribution in [-0.2, 0) is 11.3 Å². The molecule has 1 aliphatic rings. The number of rotatable bonds is 3. The molecular weight excluding hydrogens is 429 g/mol. The molecule has 5 nitrogen and oxygen atoms in total. The van der Waals surface area contributed by atoms with Gasteiger partial charge in [-0.25, -0.2) is 9.78 Å². The Morgan fingerprint density at radius 1 is 1.28 bits per heavy atom. The molecule has 1 saturated heterocycles. The molecule has 0 spiro atoms. The van der Waals surface area contributed by atoms with Gasteiger partial charge in [-0.05, 0) is 59.2 Å². The minimum Gasteiger partial charge on any atom is -0.445 e. The topological polar surface area (TPSA) is 58.2 Å². The highest BCUT2D eigenvalue weighted by atomic mass is 127. The van der Waals surface area contributed by atoms with Crippen molar-refractivity contribution < 1.29 is 9.53 Å². The van der Waals surface area contributed by atoms with Gasteiger partial charge in [0.05, 0.1) is 17.1 Å². The molecule has 25 heavy (non-hydrogen) atoms. The van der Waals surface area contributed by atoms with E-state index in [4.69, 9.17) is 4.74 Å². The number of aromatic amines is 1. The summed E-state index contributed by atoms with van der Waals surface area (Å²) in [4.78, 5) is 22.4. The van der Waals surface area contributed by atoms with E-state index < -0.39 is 0 Å². The Labute approximate surface area is 159 Å². The van der Waals surface area contributed by atoms with Crippen molar-refractivity contribution in [1.82, 2.24) is 14.9 Å². The highest BCUT2D eigenvalue weighted by Gasteiger charge is 2.33. The molecule has 128 valence electrons. The number of benzene rings is 2. The number of halogens is 1. The molecule has 1 fully saturated rings. The zero-order valence-electron chi connectivity index (χ0n) is 13.6. The molecule has 1 aromatic heterocycles. The van der Waals surface area contributed by atoms with E-state index in [0.29, 0.717) is 13.2 Å². The third-order valence-corrected chi connectivity index (χ3v) is 5.14. The predicted octanol–water partition coefficient (Wildman–Crippen LogP) is 4.64. The van der Waals surface area contributed by atoms with Gasteiger partial charge in [-0.2, -0.15) is 0 Å². The number of carbonyl (C=O) groups is 1. The number of nitrogens with zero attached hydrogens (tertiary/aromatic N) is 2. The largest absolute Gasteiger partial charge is 0.445 e. The number of hydrogen-bond donors (Lipinski definition) is 1. The minimum atomic E-state index is -0.276. The lowest BCUT2D eigenvalue weighted by molar-refractivity contribution is 0.0910. The van der Waals surface area contributed by atoms with Crippen LogP contribution in [0.5, 0.6) is 0 Å². The molecule has 0 radical (unpaired) electrons. The number of nitrogens with one attached hydrogen (secondary N) is 1. The van der Waals surface area contributed by atoms with Gasteiger partial charge in [-0.3, -0.25) is 4.90 Å². The van der Waals surface area contributed by atoms with Crippen LogP contribution >= 0.6 is 22.6 Å². The first-order valence-corrected chi connectivity index (χ1v) is 9.41. The first-order chi connectivity index (χ1) is 12.2. The van der Waals surface area contributed by atoms with Gasteiger partial charge in [-0.15, -0.1) is 0 Å². The standard InChI is InChI=1S/C19H18IN3O2/c20-14-8-9-15-16(11-14)22-18(21-15)17-7-4-10-23(17)19(24)25-12-13-5-2-1-3-6-13/h1-3,5-6,8-9,11,17H,4,7,10,12H2,(H,21,22). The molecule has 1 atom stereocenters. The maximum absolute atomic E-state index is 12.5. The van der Waals surface area contributed by atoms with Crippen LogP contribution in [0.4, 0.5) is 4.79 Å². The highest BCUT2D eigenvalue weighted by molar-refractivity contribution is 14.1. The second-order valence-electron chi connectivity index (χ2n) is 6.18. The Bertz CT molecular complexity index is 894. The lowest BCUT2D eigenvalue weighted by Gasteiger charge is -2.22. The average Bonchev–Trinajstić information content (AvgIpc) is 3.26. The smallest absolute Gasteiger partial charge is 0.410 e. The van der Waals surface area contributed by atoms with E-state index in [1.54, 1.807) is 4.90 Å². The van der Waals surface area contributed by atoms with E-state index in [1.807, 2.05) is 42.5 Å². The van der Waals surface area contributed by atoms with Crippen molar-refractivity contribution in [2.24, 2.45) is 0 Å². The lowest BCUT2D eigenvalue weighted by Crippen LogP contribution is -2.31. The summed E-state index contributed by atoms with van der Waals surface area (Å²) in [5.74, 6) is 0.839. The monoisotopic (exact) mass is 447 g/mol. The van der Waals surface area contributed by atoms with E-state index in [-0.39, 0.29) is 12.1 Å². The zero-order chi connectivity index (χ0) is 17.2. The van der Waals surface area contributed by atoms with E-state index in [2.05, 4.69) is 38.6 Å². The second-order valence-corrected chi connectivity index (χ2v) is 7.42.